The lowest BCUT2D eigenvalue weighted by molar-refractivity contribution is -0.142. The number of ether oxygens (including phenoxy) is 1. The van der Waals surface area contributed by atoms with Gasteiger partial charge in [0, 0.05) is 12.6 Å². The minimum atomic E-state index is -1.61. The molecular weight excluding hydrogens is 288 g/mol. The van der Waals surface area contributed by atoms with Crippen LogP contribution in [0, 0.1) is 11.6 Å². The van der Waals surface area contributed by atoms with Crippen molar-refractivity contribution in [3.05, 3.63) is 29.8 Å². The normalized spacial score (nSPS) is 13.3. The van der Waals surface area contributed by atoms with E-state index in [1.807, 2.05) is 0 Å². The van der Waals surface area contributed by atoms with E-state index in [9.17, 15) is 23.5 Å². The van der Waals surface area contributed by atoms with Gasteiger partial charge in [0.05, 0.1) is 12.0 Å². The van der Waals surface area contributed by atoms with Gasteiger partial charge in [0.2, 0.25) is 0 Å². The summed E-state index contributed by atoms with van der Waals surface area (Å²) in [6.07, 6.45) is -0.541. The van der Waals surface area contributed by atoms with Crippen LogP contribution in [0.25, 0.3) is 0 Å². The number of aliphatic carboxylic acids is 1. The van der Waals surface area contributed by atoms with Crippen LogP contribution in [0.5, 0.6) is 5.75 Å². The number of nitrogens with one attached hydrogen (secondary N) is 1. The predicted molar refractivity (Wildman–Crippen MR) is 67.7 cm³/mol. The molecule has 0 radical (unpaired) electrons. The van der Waals surface area contributed by atoms with Crippen LogP contribution < -0.4 is 10.1 Å². The standard InChI is InChI=1S/C13H15F2NO5/c1-13(20,5-12(18)19)7-16-11(17)6-21-10-3-2-8(14)4-9(10)15/h2-4,20H,5-7H2,1H3,(H,16,17)(H,18,19). The van der Waals surface area contributed by atoms with E-state index < -0.39 is 42.1 Å². The molecule has 3 N–H and O–H groups in total. The third-order valence-corrected chi connectivity index (χ3v) is 2.45. The van der Waals surface area contributed by atoms with Crippen LogP contribution in [0.2, 0.25) is 0 Å². The predicted octanol–water partition coefficient (Wildman–Crippen LogP) is 0.685. The Morgan fingerprint density at radius 3 is 2.62 bits per heavy atom. The van der Waals surface area contributed by atoms with Gasteiger partial charge in [-0.25, -0.2) is 8.78 Å². The maximum atomic E-state index is 13.2. The van der Waals surface area contributed by atoms with Gasteiger partial charge in [-0.1, -0.05) is 0 Å². The smallest absolute Gasteiger partial charge is 0.306 e. The van der Waals surface area contributed by atoms with Gasteiger partial charge in [0.15, 0.2) is 18.2 Å². The Kier molecular flexibility index (Phi) is 5.60. The van der Waals surface area contributed by atoms with Crippen LogP contribution in [0.15, 0.2) is 18.2 Å². The number of aliphatic hydroxyl groups is 1. The van der Waals surface area contributed by atoms with Gasteiger partial charge in [0.25, 0.3) is 5.91 Å². The molecule has 0 aromatic heterocycles. The first-order valence-corrected chi connectivity index (χ1v) is 5.98. The number of amides is 1. The number of hydrogen-bond acceptors (Lipinski definition) is 4. The molecule has 0 aliphatic carbocycles. The number of carboxylic acid groups (broad SMARTS) is 1. The Morgan fingerprint density at radius 2 is 2.05 bits per heavy atom. The number of carbonyl (C=O) groups excluding carboxylic acids is 1. The molecule has 0 saturated heterocycles. The highest BCUT2D eigenvalue weighted by Crippen LogP contribution is 2.17. The Balaban J connectivity index is 2.42. The quantitative estimate of drug-likeness (QED) is 0.688. The van der Waals surface area contributed by atoms with Crippen LogP contribution in [-0.4, -0.2) is 40.8 Å². The van der Waals surface area contributed by atoms with Gasteiger partial charge < -0.3 is 20.3 Å². The second-order valence-corrected chi connectivity index (χ2v) is 4.71. The zero-order valence-electron chi connectivity index (χ0n) is 11.2. The molecule has 0 aliphatic rings. The van der Waals surface area contributed by atoms with Gasteiger partial charge in [-0.2, -0.15) is 0 Å². The van der Waals surface area contributed by atoms with Crippen LogP contribution >= 0.6 is 0 Å². The van der Waals surface area contributed by atoms with Crippen molar-refractivity contribution in [1.82, 2.24) is 5.32 Å². The van der Waals surface area contributed by atoms with Crippen LogP contribution in [0.3, 0.4) is 0 Å². The van der Waals surface area contributed by atoms with E-state index >= 15 is 0 Å². The lowest BCUT2D eigenvalue weighted by Crippen LogP contribution is -2.43. The van der Waals surface area contributed by atoms with Crippen molar-refractivity contribution in [2.75, 3.05) is 13.2 Å². The van der Waals surface area contributed by atoms with Crippen LogP contribution in [0.4, 0.5) is 8.78 Å². The number of halogens is 2. The van der Waals surface area contributed by atoms with E-state index in [-0.39, 0.29) is 12.3 Å². The Hall–Kier alpha value is -2.22. The van der Waals surface area contributed by atoms with E-state index in [0.29, 0.717) is 6.07 Å². The van der Waals surface area contributed by atoms with E-state index in [4.69, 9.17) is 9.84 Å². The minimum Gasteiger partial charge on any atom is -0.481 e. The molecule has 0 aliphatic heterocycles. The summed E-state index contributed by atoms with van der Waals surface area (Å²) in [5.74, 6) is -3.89. The van der Waals surface area contributed by atoms with E-state index in [1.54, 1.807) is 0 Å². The molecule has 0 bridgehead atoms. The number of benzene rings is 1. The summed E-state index contributed by atoms with van der Waals surface area (Å²) in [6.45, 7) is 0.404. The second kappa shape index (κ2) is 6.98. The third kappa shape index (κ3) is 6.17. The Bertz CT molecular complexity index is 533. The number of rotatable bonds is 7. The van der Waals surface area contributed by atoms with E-state index in [0.717, 1.165) is 12.1 Å². The Morgan fingerprint density at radius 1 is 1.38 bits per heavy atom. The average Bonchev–Trinajstić information content (AvgIpc) is 2.34. The molecule has 0 saturated carbocycles. The fraction of sp³-hybridized carbons (Fsp3) is 0.385. The molecule has 0 heterocycles. The van der Waals surface area contributed by atoms with Gasteiger partial charge in [0.1, 0.15) is 5.82 Å². The Labute approximate surface area is 119 Å². The molecule has 1 unspecified atom stereocenters. The van der Waals surface area contributed by atoms with Gasteiger partial charge in [-0.05, 0) is 19.1 Å². The molecule has 1 aromatic carbocycles. The second-order valence-electron chi connectivity index (χ2n) is 4.71. The van der Waals surface area contributed by atoms with E-state index in [2.05, 4.69) is 5.32 Å². The molecule has 1 rings (SSSR count). The average molecular weight is 303 g/mol. The maximum Gasteiger partial charge on any atom is 0.306 e. The zero-order valence-corrected chi connectivity index (χ0v) is 11.2. The summed E-state index contributed by atoms with van der Waals surface area (Å²) < 4.78 is 30.7. The fourth-order valence-corrected chi connectivity index (χ4v) is 1.46. The van der Waals surface area contributed by atoms with Crippen molar-refractivity contribution in [1.29, 1.82) is 0 Å². The molecular formula is C13H15F2NO5. The van der Waals surface area contributed by atoms with Crippen LogP contribution in [-0.2, 0) is 9.59 Å². The summed E-state index contributed by atoms with van der Waals surface area (Å²) >= 11 is 0. The van der Waals surface area contributed by atoms with Gasteiger partial charge in [-0.15, -0.1) is 0 Å². The lowest BCUT2D eigenvalue weighted by atomic mass is 10.0. The van der Waals surface area contributed by atoms with Crippen molar-refractivity contribution in [2.24, 2.45) is 0 Å². The number of hydrogen-bond donors (Lipinski definition) is 3. The first kappa shape index (κ1) is 16.8. The maximum absolute atomic E-state index is 13.2. The highest BCUT2D eigenvalue weighted by atomic mass is 19.1. The number of carbonyl (C=O) groups is 2. The lowest BCUT2D eigenvalue weighted by Gasteiger charge is -2.21. The molecule has 1 amide bonds. The molecule has 1 atom stereocenters. The first-order chi connectivity index (χ1) is 9.69. The highest BCUT2D eigenvalue weighted by molar-refractivity contribution is 5.77. The SMILES string of the molecule is CC(O)(CNC(=O)COc1ccc(F)cc1F)CC(=O)O. The molecule has 0 spiro atoms. The van der Waals surface area contributed by atoms with Gasteiger partial charge >= 0.3 is 5.97 Å². The molecule has 21 heavy (non-hydrogen) atoms. The van der Waals surface area contributed by atoms with E-state index in [1.165, 1.54) is 6.92 Å². The summed E-state index contributed by atoms with van der Waals surface area (Å²) in [5.41, 5.74) is -1.61. The summed E-state index contributed by atoms with van der Waals surface area (Å²) in [7, 11) is 0. The third-order valence-electron chi connectivity index (χ3n) is 2.45. The highest BCUT2D eigenvalue weighted by Gasteiger charge is 2.24. The molecule has 1 aromatic rings. The first-order valence-electron chi connectivity index (χ1n) is 5.98. The number of carboxylic acids is 1. The largest absolute Gasteiger partial charge is 0.481 e. The monoisotopic (exact) mass is 303 g/mol. The molecule has 116 valence electrons. The fourth-order valence-electron chi connectivity index (χ4n) is 1.46. The van der Waals surface area contributed by atoms with Crippen LogP contribution in [0.1, 0.15) is 13.3 Å². The summed E-state index contributed by atoms with van der Waals surface area (Å²) in [6, 6.07) is 2.64. The minimum absolute atomic E-state index is 0.288. The van der Waals surface area contributed by atoms with Crippen molar-refractivity contribution < 1.29 is 33.3 Å². The topological polar surface area (TPSA) is 95.9 Å². The summed E-state index contributed by atoms with van der Waals surface area (Å²) in [4.78, 5) is 21.9. The summed E-state index contributed by atoms with van der Waals surface area (Å²) in [5, 5.41) is 20.5. The molecule has 8 heteroatoms. The van der Waals surface area contributed by atoms with Crippen molar-refractivity contribution >= 4 is 11.9 Å². The van der Waals surface area contributed by atoms with Crippen molar-refractivity contribution in [3.8, 4) is 5.75 Å². The van der Waals surface area contributed by atoms with Gasteiger partial charge in [-0.3, -0.25) is 9.59 Å². The molecule has 6 nitrogen and oxygen atoms in total. The van der Waals surface area contributed by atoms with Crippen molar-refractivity contribution in [2.45, 2.75) is 18.9 Å². The molecule has 0 fully saturated rings. The zero-order chi connectivity index (χ0) is 16.0. The van der Waals surface area contributed by atoms with Crippen molar-refractivity contribution in [3.63, 3.8) is 0 Å².